The zero-order valence-corrected chi connectivity index (χ0v) is 15.2. The van der Waals surface area contributed by atoms with Gasteiger partial charge in [0.05, 0.1) is 5.69 Å². The van der Waals surface area contributed by atoms with Crippen molar-refractivity contribution >= 4 is 5.95 Å². The van der Waals surface area contributed by atoms with Gasteiger partial charge in [-0.15, -0.1) is 0 Å². The smallest absolute Gasteiger partial charge is 0.255 e. The normalized spacial score (nSPS) is 20.8. The van der Waals surface area contributed by atoms with Crippen molar-refractivity contribution in [1.29, 1.82) is 0 Å². The molecule has 6 heteroatoms. The Labute approximate surface area is 152 Å². The maximum absolute atomic E-state index is 13.1. The van der Waals surface area contributed by atoms with Gasteiger partial charge in [-0.25, -0.2) is 9.37 Å². The van der Waals surface area contributed by atoms with E-state index in [4.69, 9.17) is 4.98 Å². The number of H-pyrrole nitrogens is 1. The van der Waals surface area contributed by atoms with Crippen molar-refractivity contribution < 1.29 is 4.39 Å². The topological polar surface area (TPSA) is 52.2 Å². The molecule has 0 radical (unpaired) electrons. The van der Waals surface area contributed by atoms with Gasteiger partial charge in [0.1, 0.15) is 5.82 Å². The maximum Gasteiger partial charge on any atom is 0.255 e. The predicted molar refractivity (Wildman–Crippen MR) is 99.7 cm³/mol. The minimum absolute atomic E-state index is 0.00389. The lowest BCUT2D eigenvalue weighted by atomic mass is 10.0. The average molecular weight is 356 g/mol. The summed E-state index contributed by atoms with van der Waals surface area (Å²) < 4.78 is 13.1. The molecular formula is C20H25FN4O. The molecular weight excluding hydrogens is 331 g/mol. The monoisotopic (exact) mass is 356 g/mol. The molecule has 0 amide bonds. The van der Waals surface area contributed by atoms with Crippen LogP contribution in [0.25, 0.3) is 0 Å². The van der Waals surface area contributed by atoms with Crippen molar-refractivity contribution in [3.05, 3.63) is 57.3 Å². The fourth-order valence-electron chi connectivity index (χ4n) is 4.01. The van der Waals surface area contributed by atoms with Crippen molar-refractivity contribution in [2.24, 2.45) is 0 Å². The van der Waals surface area contributed by atoms with E-state index in [1.165, 1.54) is 18.6 Å². The second kappa shape index (κ2) is 7.19. The van der Waals surface area contributed by atoms with Crippen LogP contribution in [0.5, 0.6) is 0 Å². The fourth-order valence-corrected chi connectivity index (χ4v) is 4.01. The van der Waals surface area contributed by atoms with E-state index in [0.29, 0.717) is 25.0 Å². The van der Waals surface area contributed by atoms with Crippen LogP contribution in [0, 0.1) is 5.82 Å². The van der Waals surface area contributed by atoms with E-state index in [0.717, 1.165) is 49.3 Å². The third-order valence-electron chi connectivity index (χ3n) is 5.53. The lowest BCUT2D eigenvalue weighted by molar-refractivity contribution is 0.240. The molecule has 1 N–H and O–H groups in total. The van der Waals surface area contributed by atoms with Crippen LogP contribution < -0.4 is 10.5 Å². The molecule has 4 rings (SSSR count). The molecule has 3 heterocycles. The van der Waals surface area contributed by atoms with E-state index >= 15 is 0 Å². The third kappa shape index (κ3) is 3.51. The first-order valence-corrected chi connectivity index (χ1v) is 9.45. The van der Waals surface area contributed by atoms with Crippen LogP contribution in [-0.4, -0.2) is 34.0 Å². The Balaban J connectivity index is 1.55. The first kappa shape index (κ1) is 17.2. The Kier molecular flexibility index (Phi) is 4.76. The zero-order valence-electron chi connectivity index (χ0n) is 15.2. The van der Waals surface area contributed by atoms with Crippen LogP contribution in [0.4, 0.5) is 10.3 Å². The fraction of sp³-hybridized carbons (Fsp3) is 0.500. The molecule has 2 aliphatic rings. The van der Waals surface area contributed by atoms with Gasteiger partial charge in [0, 0.05) is 37.8 Å². The Hall–Kier alpha value is -2.21. The first-order valence-electron chi connectivity index (χ1n) is 9.45. The standard InChI is InChI=1S/C20H25FN4O/c1-14-4-2-3-10-25(14)20-22-18-13-24(11-9-17(18)19(26)23-20)12-15-5-7-16(21)8-6-15/h5-8,14H,2-4,9-13H2,1H3,(H,22,23,26). The van der Waals surface area contributed by atoms with Crippen LogP contribution in [0.1, 0.15) is 43.0 Å². The van der Waals surface area contributed by atoms with E-state index in [1.54, 1.807) is 0 Å². The quantitative estimate of drug-likeness (QED) is 0.919. The number of fused-ring (bicyclic) bond motifs is 1. The third-order valence-corrected chi connectivity index (χ3v) is 5.53. The highest BCUT2D eigenvalue weighted by Crippen LogP contribution is 2.23. The van der Waals surface area contributed by atoms with Gasteiger partial charge in [-0.3, -0.25) is 14.7 Å². The summed E-state index contributed by atoms with van der Waals surface area (Å²) in [6, 6.07) is 7.02. The van der Waals surface area contributed by atoms with Gasteiger partial charge in [0.15, 0.2) is 0 Å². The van der Waals surface area contributed by atoms with Crippen molar-refractivity contribution in [3.8, 4) is 0 Å². The molecule has 0 saturated carbocycles. The van der Waals surface area contributed by atoms with Crippen molar-refractivity contribution in [2.75, 3.05) is 18.0 Å². The summed E-state index contributed by atoms with van der Waals surface area (Å²) >= 11 is 0. The van der Waals surface area contributed by atoms with Crippen molar-refractivity contribution in [1.82, 2.24) is 14.9 Å². The van der Waals surface area contributed by atoms with E-state index in [-0.39, 0.29) is 11.4 Å². The Morgan fingerprint density at radius 2 is 2.04 bits per heavy atom. The molecule has 2 aliphatic heterocycles. The van der Waals surface area contributed by atoms with Crippen molar-refractivity contribution in [3.63, 3.8) is 0 Å². The molecule has 0 bridgehead atoms. The second-order valence-corrected chi connectivity index (χ2v) is 7.44. The molecule has 1 fully saturated rings. The number of aromatic amines is 1. The second-order valence-electron chi connectivity index (χ2n) is 7.44. The van der Waals surface area contributed by atoms with Gasteiger partial charge >= 0.3 is 0 Å². The van der Waals surface area contributed by atoms with Gasteiger partial charge in [-0.05, 0) is 50.3 Å². The molecule has 1 unspecified atom stereocenters. The number of nitrogens with one attached hydrogen (secondary N) is 1. The van der Waals surface area contributed by atoms with Crippen LogP contribution >= 0.6 is 0 Å². The highest BCUT2D eigenvalue weighted by Gasteiger charge is 2.25. The average Bonchev–Trinajstić information content (AvgIpc) is 2.64. The van der Waals surface area contributed by atoms with Crippen LogP contribution in [-0.2, 0) is 19.5 Å². The number of halogens is 1. The zero-order chi connectivity index (χ0) is 18.1. The largest absolute Gasteiger partial charge is 0.340 e. The lowest BCUT2D eigenvalue weighted by Gasteiger charge is -2.35. The minimum Gasteiger partial charge on any atom is -0.340 e. The van der Waals surface area contributed by atoms with Crippen molar-refractivity contribution in [2.45, 2.75) is 51.7 Å². The molecule has 0 spiro atoms. The summed E-state index contributed by atoms with van der Waals surface area (Å²) in [4.78, 5) is 24.9. The minimum atomic E-state index is -0.216. The maximum atomic E-state index is 13.1. The summed E-state index contributed by atoms with van der Waals surface area (Å²) in [7, 11) is 0. The molecule has 138 valence electrons. The van der Waals surface area contributed by atoms with Crippen LogP contribution in [0.2, 0.25) is 0 Å². The van der Waals surface area contributed by atoms with E-state index < -0.39 is 0 Å². The van der Waals surface area contributed by atoms with E-state index in [2.05, 4.69) is 21.7 Å². The number of benzene rings is 1. The Morgan fingerprint density at radius 1 is 1.23 bits per heavy atom. The number of hydrogen-bond acceptors (Lipinski definition) is 4. The van der Waals surface area contributed by atoms with Gasteiger partial charge in [-0.2, -0.15) is 0 Å². The SMILES string of the molecule is CC1CCCCN1c1nc2c(c(=O)[nH]1)CCN(Cc1ccc(F)cc1)C2. The number of nitrogens with zero attached hydrogens (tertiary/aromatic N) is 3. The Bertz CT molecular complexity index is 833. The predicted octanol–water partition coefficient (Wildman–Crippen LogP) is 2.85. The van der Waals surface area contributed by atoms with Crippen LogP contribution in [0.3, 0.4) is 0 Å². The molecule has 1 aromatic heterocycles. The van der Waals surface area contributed by atoms with Gasteiger partial charge in [0.2, 0.25) is 5.95 Å². The summed E-state index contributed by atoms with van der Waals surface area (Å²) in [5.74, 6) is 0.496. The number of piperidine rings is 1. The molecule has 2 aromatic rings. The van der Waals surface area contributed by atoms with Crippen LogP contribution in [0.15, 0.2) is 29.1 Å². The molecule has 0 aliphatic carbocycles. The molecule has 1 saturated heterocycles. The summed E-state index contributed by atoms with van der Waals surface area (Å²) in [5.41, 5.74) is 2.78. The number of hydrogen-bond donors (Lipinski definition) is 1. The molecule has 26 heavy (non-hydrogen) atoms. The molecule has 1 atom stereocenters. The van der Waals surface area contributed by atoms with Gasteiger partial charge in [-0.1, -0.05) is 12.1 Å². The number of aromatic nitrogens is 2. The highest BCUT2D eigenvalue weighted by molar-refractivity contribution is 5.36. The summed E-state index contributed by atoms with van der Waals surface area (Å²) in [6.45, 7) is 5.35. The number of anilines is 1. The summed E-state index contributed by atoms with van der Waals surface area (Å²) in [5, 5.41) is 0. The molecule has 5 nitrogen and oxygen atoms in total. The van der Waals surface area contributed by atoms with Gasteiger partial charge in [0.25, 0.3) is 5.56 Å². The van der Waals surface area contributed by atoms with E-state index in [9.17, 15) is 9.18 Å². The molecule has 1 aromatic carbocycles. The van der Waals surface area contributed by atoms with E-state index in [1.807, 2.05) is 12.1 Å². The first-order chi connectivity index (χ1) is 12.6. The number of rotatable bonds is 3. The Morgan fingerprint density at radius 3 is 2.81 bits per heavy atom. The van der Waals surface area contributed by atoms with Gasteiger partial charge < -0.3 is 4.90 Å². The summed E-state index contributed by atoms with van der Waals surface area (Å²) in [6.07, 6.45) is 4.21. The highest BCUT2D eigenvalue weighted by atomic mass is 19.1. The lowest BCUT2D eigenvalue weighted by Crippen LogP contribution is -2.41.